The average molecular weight is 309 g/mol. The van der Waals surface area contributed by atoms with Crippen LogP contribution in [-0.2, 0) is 11.3 Å². The number of rotatable bonds is 5. The second kappa shape index (κ2) is 9.04. The summed E-state index contributed by atoms with van der Waals surface area (Å²) in [6.45, 7) is 0.740. The molecule has 0 saturated carbocycles. The number of ether oxygens (including phenoxy) is 1. The molecule has 2 N–H and O–H groups in total. The van der Waals surface area contributed by atoms with Crippen LogP contribution in [0.3, 0.4) is 0 Å². The fourth-order valence-corrected chi connectivity index (χ4v) is 1.61. The van der Waals surface area contributed by atoms with E-state index in [2.05, 4.69) is 16.0 Å². The standard InChI is InChI=1S/C13H12FN3O.HNO3/c1-2-7-18-13(8-17-10-15-9-16-17)11-3-5-12(14)6-4-11;2-1(3)4/h1,3-6,9-10,13H,7-8H2;(H,2,3,4)/p+1. The van der Waals surface area contributed by atoms with Crippen molar-refractivity contribution in [3.05, 3.63) is 58.4 Å². The molecule has 8 nitrogen and oxygen atoms in total. The highest BCUT2D eigenvalue weighted by Crippen LogP contribution is 2.17. The molecular formula is C13H14FN4O4+. The lowest BCUT2D eigenvalue weighted by atomic mass is 10.1. The van der Waals surface area contributed by atoms with Crippen LogP contribution in [0.2, 0.25) is 0 Å². The minimum absolute atomic E-state index is 0.205. The highest BCUT2D eigenvalue weighted by atomic mass is 19.1. The second-order valence-corrected chi connectivity index (χ2v) is 3.97. The maximum atomic E-state index is 12.9. The Morgan fingerprint density at radius 1 is 1.55 bits per heavy atom. The van der Waals surface area contributed by atoms with Gasteiger partial charge in [0.25, 0.3) is 5.09 Å². The van der Waals surface area contributed by atoms with Gasteiger partial charge in [-0.1, -0.05) is 18.1 Å². The number of nitrogens with zero attached hydrogens (tertiary/aromatic N) is 3. The van der Waals surface area contributed by atoms with Crippen molar-refractivity contribution in [2.24, 2.45) is 0 Å². The van der Waals surface area contributed by atoms with Gasteiger partial charge in [-0.2, -0.15) is 9.78 Å². The number of H-pyrrole nitrogens is 1. The van der Waals surface area contributed by atoms with Crippen molar-refractivity contribution in [1.29, 1.82) is 0 Å². The number of terminal acetylenes is 1. The molecule has 9 heteroatoms. The molecule has 0 amide bonds. The van der Waals surface area contributed by atoms with E-state index in [9.17, 15) is 4.39 Å². The quantitative estimate of drug-likeness (QED) is 0.369. The number of hydrogen-bond acceptors (Lipinski definition) is 4. The summed E-state index contributed by atoms with van der Waals surface area (Å²) in [5.74, 6) is 2.15. The molecule has 1 atom stereocenters. The summed E-state index contributed by atoms with van der Waals surface area (Å²) in [6.07, 6.45) is 8.17. The largest absolute Gasteiger partial charge is 0.357 e. The van der Waals surface area contributed by atoms with Gasteiger partial charge >= 0.3 is 6.33 Å². The highest BCUT2D eigenvalue weighted by molar-refractivity contribution is 5.18. The molecule has 2 rings (SSSR count). The molecule has 2 aromatic rings. The molecule has 1 aromatic carbocycles. The van der Waals surface area contributed by atoms with E-state index in [1.165, 1.54) is 12.1 Å². The zero-order valence-electron chi connectivity index (χ0n) is 11.4. The summed E-state index contributed by atoms with van der Waals surface area (Å²) in [5, 5.41) is 16.6. The summed E-state index contributed by atoms with van der Waals surface area (Å²) in [4.78, 5) is 12.3. The van der Waals surface area contributed by atoms with Crippen LogP contribution in [0.5, 0.6) is 0 Å². The number of benzene rings is 1. The monoisotopic (exact) mass is 309 g/mol. The van der Waals surface area contributed by atoms with Crippen molar-refractivity contribution in [2.45, 2.75) is 12.6 Å². The fourth-order valence-electron chi connectivity index (χ4n) is 1.61. The zero-order chi connectivity index (χ0) is 16.4. The summed E-state index contributed by atoms with van der Waals surface area (Å²) in [7, 11) is 0. The first-order chi connectivity index (χ1) is 10.5. The van der Waals surface area contributed by atoms with Gasteiger partial charge in [0.1, 0.15) is 25.1 Å². The number of aromatic amines is 1. The molecular weight excluding hydrogens is 295 g/mol. The van der Waals surface area contributed by atoms with E-state index in [1.54, 1.807) is 29.5 Å². The molecule has 116 valence electrons. The molecule has 1 unspecified atom stereocenters. The van der Waals surface area contributed by atoms with Crippen molar-refractivity contribution in [3.63, 3.8) is 0 Å². The van der Waals surface area contributed by atoms with Gasteiger partial charge in [-0.15, -0.1) is 16.5 Å². The highest BCUT2D eigenvalue weighted by Gasteiger charge is 2.16. The van der Waals surface area contributed by atoms with Crippen LogP contribution >= 0.6 is 0 Å². The van der Waals surface area contributed by atoms with Gasteiger partial charge in [0.2, 0.25) is 6.33 Å². The summed E-state index contributed by atoms with van der Waals surface area (Å²) < 4.78 is 20.2. The molecule has 0 aliphatic carbocycles. The van der Waals surface area contributed by atoms with Gasteiger partial charge in [0, 0.05) is 0 Å². The van der Waals surface area contributed by atoms with Crippen LogP contribution in [0, 0.1) is 28.3 Å². The third kappa shape index (κ3) is 6.44. The number of hydrogen-bond donors (Lipinski definition) is 2. The topological polar surface area (TPSA) is 105 Å². The minimum atomic E-state index is -1.50. The summed E-state index contributed by atoms with van der Waals surface area (Å²) >= 11 is 0. The van der Waals surface area contributed by atoms with E-state index < -0.39 is 5.09 Å². The van der Waals surface area contributed by atoms with Crippen LogP contribution in [0.4, 0.5) is 4.39 Å². The smallest absolute Gasteiger partial charge is 0.306 e. The second-order valence-electron chi connectivity index (χ2n) is 3.97. The Morgan fingerprint density at radius 2 is 2.18 bits per heavy atom. The predicted molar refractivity (Wildman–Crippen MR) is 71.5 cm³/mol. The molecule has 0 spiro atoms. The van der Waals surface area contributed by atoms with Gasteiger partial charge in [0.05, 0.1) is 0 Å². The molecule has 0 radical (unpaired) electrons. The number of halogens is 1. The molecule has 0 saturated heterocycles. The Kier molecular flexibility index (Phi) is 7.01. The first-order valence-electron chi connectivity index (χ1n) is 6.04. The SMILES string of the molecule is C#CCOC(C[n+]1cnc[nH]1)c1ccc(F)cc1.O=[N+]([O-])O. The van der Waals surface area contributed by atoms with E-state index in [-0.39, 0.29) is 18.5 Å². The van der Waals surface area contributed by atoms with Gasteiger partial charge in [-0.05, 0) is 22.7 Å². The van der Waals surface area contributed by atoms with Gasteiger partial charge in [0.15, 0.2) is 0 Å². The maximum absolute atomic E-state index is 12.9. The first-order valence-corrected chi connectivity index (χ1v) is 6.04. The van der Waals surface area contributed by atoms with E-state index in [0.717, 1.165) is 5.56 Å². The van der Waals surface area contributed by atoms with Crippen molar-refractivity contribution < 1.29 is 24.1 Å². The van der Waals surface area contributed by atoms with Gasteiger partial charge in [-0.25, -0.2) is 4.39 Å². The normalized spacial score (nSPS) is 10.9. The summed E-state index contributed by atoms with van der Waals surface area (Å²) in [6, 6.07) is 6.18. The minimum Gasteiger partial charge on any atom is -0.357 e. The lowest BCUT2D eigenvalue weighted by molar-refractivity contribution is -0.758. The Balaban J connectivity index is 0.000000541. The van der Waals surface area contributed by atoms with Crippen molar-refractivity contribution >= 4 is 0 Å². The zero-order valence-corrected chi connectivity index (χ0v) is 11.4. The predicted octanol–water partition coefficient (Wildman–Crippen LogP) is 0.880. The van der Waals surface area contributed by atoms with Gasteiger partial charge < -0.3 is 9.94 Å². The van der Waals surface area contributed by atoms with E-state index >= 15 is 0 Å². The Morgan fingerprint density at radius 3 is 2.68 bits per heavy atom. The lowest BCUT2D eigenvalue weighted by Gasteiger charge is -2.14. The molecule has 0 bridgehead atoms. The van der Waals surface area contributed by atoms with E-state index in [0.29, 0.717) is 6.54 Å². The van der Waals surface area contributed by atoms with E-state index in [1.807, 2.05) is 0 Å². The molecule has 1 heterocycles. The Bertz CT molecular complexity index is 606. The van der Waals surface area contributed by atoms with Crippen LogP contribution in [0.1, 0.15) is 11.7 Å². The van der Waals surface area contributed by atoms with Gasteiger partial charge in [-0.3, -0.25) is 0 Å². The first kappa shape index (κ1) is 17.1. The Labute approximate surface area is 125 Å². The maximum Gasteiger partial charge on any atom is 0.306 e. The third-order valence-electron chi connectivity index (χ3n) is 2.48. The molecule has 0 fully saturated rings. The van der Waals surface area contributed by atoms with Crippen LogP contribution < -0.4 is 4.68 Å². The van der Waals surface area contributed by atoms with Crippen LogP contribution in [0.15, 0.2) is 36.9 Å². The third-order valence-corrected chi connectivity index (χ3v) is 2.48. The number of aromatic nitrogens is 3. The van der Waals surface area contributed by atoms with E-state index in [4.69, 9.17) is 26.5 Å². The van der Waals surface area contributed by atoms with Crippen molar-refractivity contribution in [3.8, 4) is 12.3 Å². The van der Waals surface area contributed by atoms with Crippen molar-refractivity contribution in [1.82, 2.24) is 10.1 Å². The fraction of sp³-hybridized carbons (Fsp3) is 0.231. The van der Waals surface area contributed by atoms with Crippen LogP contribution in [0.25, 0.3) is 0 Å². The molecule has 0 aliphatic rings. The molecule has 1 aromatic heterocycles. The van der Waals surface area contributed by atoms with Crippen molar-refractivity contribution in [2.75, 3.05) is 6.61 Å². The Hall–Kier alpha value is -2.99. The number of nitrogens with one attached hydrogen (secondary N) is 1. The summed E-state index contributed by atoms with van der Waals surface area (Å²) in [5.41, 5.74) is 0.869. The lowest BCUT2D eigenvalue weighted by Crippen LogP contribution is -2.38. The molecule has 0 aliphatic heterocycles. The molecule has 22 heavy (non-hydrogen) atoms. The van der Waals surface area contributed by atoms with Crippen LogP contribution in [-0.4, -0.2) is 27.0 Å². The average Bonchev–Trinajstić information content (AvgIpc) is 2.97.